The maximum atomic E-state index is 14.6. The molecule has 0 aromatic carbocycles. The molecular weight excluding hydrogens is 395 g/mol. The SMILES string of the molecule is NC(=O)[C@H]1C2CCC(CC2)[C@@H]1Nc1nc(-c2c[nH]c3ncc(Cl)cc23)ncc1F. The average Bonchev–Trinajstić information content (AvgIpc) is 3.13. The highest BCUT2D eigenvalue weighted by molar-refractivity contribution is 6.31. The second-order valence-corrected chi connectivity index (χ2v) is 8.35. The van der Waals surface area contributed by atoms with Crippen molar-refractivity contribution in [3.8, 4) is 11.4 Å². The van der Waals surface area contributed by atoms with E-state index in [0.29, 0.717) is 22.1 Å². The van der Waals surface area contributed by atoms with Gasteiger partial charge in [0.2, 0.25) is 5.91 Å². The zero-order valence-electron chi connectivity index (χ0n) is 15.5. The molecule has 3 fully saturated rings. The fourth-order valence-electron chi connectivity index (χ4n) is 4.99. The van der Waals surface area contributed by atoms with Crippen LogP contribution in [-0.2, 0) is 4.79 Å². The highest BCUT2D eigenvalue weighted by Crippen LogP contribution is 2.46. The summed E-state index contributed by atoms with van der Waals surface area (Å²) in [6.45, 7) is 0. The number of halogens is 2. The number of nitrogens with two attached hydrogens (primary N) is 1. The summed E-state index contributed by atoms with van der Waals surface area (Å²) < 4.78 is 14.6. The minimum absolute atomic E-state index is 0.0862. The Morgan fingerprint density at radius 1 is 1.21 bits per heavy atom. The number of primary amides is 1. The Morgan fingerprint density at radius 2 is 1.97 bits per heavy atom. The van der Waals surface area contributed by atoms with E-state index in [1.54, 1.807) is 18.5 Å². The van der Waals surface area contributed by atoms with Gasteiger partial charge in [-0.2, -0.15) is 0 Å². The molecule has 3 aromatic heterocycles. The first kappa shape index (κ1) is 18.3. The summed E-state index contributed by atoms with van der Waals surface area (Å²) in [7, 11) is 0. The zero-order valence-corrected chi connectivity index (χ0v) is 16.3. The van der Waals surface area contributed by atoms with E-state index in [2.05, 4.69) is 25.3 Å². The van der Waals surface area contributed by atoms with Gasteiger partial charge in [-0.05, 0) is 43.6 Å². The summed E-state index contributed by atoms with van der Waals surface area (Å²) in [5.41, 5.74) is 7.01. The normalized spacial score (nSPS) is 26.0. The predicted octanol–water partition coefficient (Wildman–Crippen LogP) is 3.51. The number of fused-ring (bicyclic) bond motifs is 4. The number of hydrogen-bond donors (Lipinski definition) is 3. The number of nitrogens with zero attached hydrogens (tertiary/aromatic N) is 3. The third-order valence-corrected chi connectivity index (χ3v) is 6.54. The van der Waals surface area contributed by atoms with Gasteiger partial charge in [-0.25, -0.2) is 19.3 Å². The van der Waals surface area contributed by atoms with Gasteiger partial charge in [0.1, 0.15) is 5.65 Å². The van der Waals surface area contributed by atoms with E-state index in [9.17, 15) is 9.18 Å². The molecule has 150 valence electrons. The molecule has 29 heavy (non-hydrogen) atoms. The predicted molar refractivity (Wildman–Crippen MR) is 108 cm³/mol. The first-order chi connectivity index (χ1) is 14.0. The van der Waals surface area contributed by atoms with Gasteiger partial charge < -0.3 is 16.0 Å². The standard InChI is InChI=1S/C20H20ClFN6O/c21-11-5-12-13(7-25-18(12)24-6-11)19-26-8-14(22)20(28-19)27-16-10-3-1-9(2-4-10)15(16)17(23)29/h5-10,15-16H,1-4H2,(H2,23,29)(H,24,25)(H,26,27,28)/t9?,10?,15-,16-/m0/s1. The molecule has 0 spiro atoms. The fourth-order valence-corrected chi connectivity index (χ4v) is 5.14. The maximum absolute atomic E-state index is 14.6. The van der Waals surface area contributed by atoms with Crippen molar-refractivity contribution in [2.75, 3.05) is 5.32 Å². The van der Waals surface area contributed by atoms with Gasteiger partial charge in [0.25, 0.3) is 0 Å². The van der Waals surface area contributed by atoms with Crippen LogP contribution in [0.25, 0.3) is 22.4 Å². The number of carbonyl (C=O) groups is 1. The molecule has 3 aliphatic carbocycles. The molecule has 0 aliphatic heterocycles. The van der Waals surface area contributed by atoms with Crippen LogP contribution in [0, 0.1) is 23.6 Å². The topological polar surface area (TPSA) is 110 Å². The van der Waals surface area contributed by atoms with Gasteiger partial charge >= 0.3 is 0 Å². The zero-order chi connectivity index (χ0) is 20.1. The van der Waals surface area contributed by atoms with E-state index in [0.717, 1.165) is 37.3 Å². The molecule has 4 N–H and O–H groups in total. The van der Waals surface area contributed by atoms with Crippen molar-refractivity contribution in [3.05, 3.63) is 35.5 Å². The van der Waals surface area contributed by atoms with Crippen LogP contribution in [-0.4, -0.2) is 31.9 Å². The quantitative estimate of drug-likeness (QED) is 0.605. The molecule has 3 aliphatic rings. The van der Waals surface area contributed by atoms with Crippen LogP contribution >= 0.6 is 11.6 Å². The summed E-state index contributed by atoms with van der Waals surface area (Å²) in [5.74, 6) is -0.230. The molecule has 3 heterocycles. The van der Waals surface area contributed by atoms with Crippen molar-refractivity contribution < 1.29 is 9.18 Å². The molecule has 1 amide bonds. The lowest BCUT2D eigenvalue weighted by molar-refractivity contribution is -0.127. The van der Waals surface area contributed by atoms with Gasteiger partial charge in [0.05, 0.1) is 17.1 Å². The van der Waals surface area contributed by atoms with Crippen molar-refractivity contribution in [1.82, 2.24) is 19.9 Å². The van der Waals surface area contributed by atoms with Crippen molar-refractivity contribution in [2.45, 2.75) is 31.7 Å². The number of rotatable bonds is 4. The first-order valence-electron chi connectivity index (χ1n) is 9.72. The van der Waals surface area contributed by atoms with Gasteiger partial charge in [0.15, 0.2) is 17.5 Å². The summed E-state index contributed by atoms with van der Waals surface area (Å²) in [6, 6.07) is 1.55. The molecule has 2 bridgehead atoms. The molecule has 9 heteroatoms. The van der Waals surface area contributed by atoms with E-state index in [1.807, 2.05) is 0 Å². The van der Waals surface area contributed by atoms with Crippen LogP contribution in [0.3, 0.4) is 0 Å². The highest BCUT2D eigenvalue weighted by atomic mass is 35.5. The summed E-state index contributed by atoms with van der Waals surface area (Å²) in [6.07, 6.45) is 8.43. The Hall–Kier alpha value is -2.74. The van der Waals surface area contributed by atoms with Gasteiger partial charge in [-0.3, -0.25) is 4.79 Å². The Bertz CT molecular complexity index is 1090. The first-order valence-corrected chi connectivity index (χ1v) is 10.1. The smallest absolute Gasteiger partial charge is 0.222 e. The lowest BCUT2D eigenvalue weighted by Crippen LogP contribution is -2.53. The molecule has 0 saturated heterocycles. The molecular formula is C20H20ClFN6O. The van der Waals surface area contributed by atoms with Gasteiger partial charge in [0, 0.05) is 29.4 Å². The van der Waals surface area contributed by atoms with E-state index in [-0.39, 0.29) is 35.5 Å². The largest absolute Gasteiger partial charge is 0.369 e. The second kappa shape index (κ2) is 6.95. The molecule has 3 saturated carbocycles. The van der Waals surface area contributed by atoms with Gasteiger partial charge in [-0.15, -0.1) is 0 Å². The average molecular weight is 415 g/mol. The molecule has 0 unspecified atom stereocenters. The molecule has 3 aromatic rings. The number of pyridine rings is 1. The molecule has 0 radical (unpaired) electrons. The van der Waals surface area contributed by atoms with Crippen molar-refractivity contribution in [2.24, 2.45) is 23.5 Å². The summed E-state index contributed by atoms with van der Waals surface area (Å²) >= 11 is 6.07. The number of anilines is 1. The van der Waals surface area contributed by atoms with Crippen LogP contribution in [0.15, 0.2) is 24.7 Å². The second-order valence-electron chi connectivity index (χ2n) is 7.92. The summed E-state index contributed by atoms with van der Waals surface area (Å²) in [5, 5.41) is 4.43. The lowest BCUT2D eigenvalue weighted by atomic mass is 9.61. The number of H-pyrrole nitrogens is 1. The van der Waals surface area contributed by atoms with E-state index in [1.165, 1.54) is 0 Å². The number of carbonyl (C=O) groups excluding carboxylic acids is 1. The van der Waals surface area contributed by atoms with Crippen LogP contribution < -0.4 is 11.1 Å². The Labute approximate surface area is 171 Å². The minimum Gasteiger partial charge on any atom is -0.369 e. The number of nitrogens with one attached hydrogen (secondary N) is 2. The van der Waals surface area contributed by atoms with Crippen molar-refractivity contribution in [3.63, 3.8) is 0 Å². The van der Waals surface area contributed by atoms with Crippen LogP contribution in [0.1, 0.15) is 25.7 Å². The number of aromatic nitrogens is 4. The van der Waals surface area contributed by atoms with Crippen LogP contribution in [0.2, 0.25) is 5.02 Å². The van der Waals surface area contributed by atoms with E-state index < -0.39 is 5.82 Å². The van der Waals surface area contributed by atoms with Crippen LogP contribution in [0.4, 0.5) is 10.2 Å². The lowest BCUT2D eigenvalue weighted by Gasteiger charge is -2.47. The maximum Gasteiger partial charge on any atom is 0.222 e. The fraction of sp³-hybridized carbons (Fsp3) is 0.400. The third-order valence-electron chi connectivity index (χ3n) is 6.33. The summed E-state index contributed by atoms with van der Waals surface area (Å²) in [4.78, 5) is 27.9. The van der Waals surface area contributed by atoms with Crippen LogP contribution in [0.5, 0.6) is 0 Å². The monoisotopic (exact) mass is 414 g/mol. The molecule has 7 nitrogen and oxygen atoms in total. The molecule has 6 rings (SSSR count). The van der Waals surface area contributed by atoms with E-state index in [4.69, 9.17) is 17.3 Å². The third kappa shape index (κ3) is 3.11. The van der Waals surface area contributed by atoms with E-state index >= 15 is 0 Å². The Kier molecular flexibility index (Phi) is 4.38. The highest BCUT2D eigenvalue weighted by Gasteiger charge is 2.46. The van der Waals surface area contributed by atoms with Crippen molar-refractivity contribution in [1.29, 1.82) is 0 Å². The number of aromatic amines is 1. The van der Waals surface area contributed by atoms with Gasteiger partial charge in [-0.1, -0.05) is 11.6 Å². The number of amides is 1. The number of hydrogen-bond acceptors (Lipinski definition) is 5. The minimum atomic E-state index is -0.561. The Balaban J connectivity index is 1.51. The Morgan fingerprint density at radius 3 is 2.72 bits per heavy atom. The van der Waals surface area contributed by atoms with Crippen molar-refractivity contribution >= 4 is 34.4 Å². The molecule has 2 atom stereocenters.